The fourth-order valence-corrected chi connectivity index (χ4v) is 2.98. The van der Waals surface area contributed by atoms with Crippen LogP contribution in [0.1, 0.15) is 30.4 Å². The average Bonchev–Trinajstić information content (AvgIpc) is 2.89. The van der Waals surface area contributed by atoms with Gasteiger partial charge in [0.25, 0.3) is 0 Å². The zero-order valence-corrected chi connectivity index (χ0v) is 12.6. The zero-order valence-electron chi connectivity index (χ0n) is 12.6. The quantitative estimate of drug-likeness (QED) is 0.890. The highest BCUT2D eigenvalue weighted by Gasteiger charge is 2.27. The van der Waals surface area contributed by atoms with E-state index >= 15 is 0 Å². The Balaban J connectivity index is 1.82. The molecule has 0 atom stereocenters. The van der Waals surface area contributed by atoms with Gasteiger partial charge >= 0.3 is 0 Å². The van der Waals surface area contributed by atoms with Gasteiger partial charge in [-0.15, -0.1) is 10.3 Å². The largest absolute Gasteiger partial charge is 0.309 e. The minimum absolute atomic E-state index is 0.477. The van der Waals surface area contributed by atoms with Crippen molar-refractivity contribution in [3.63, 3.8) is 0 Å². The minimum atomic E-state index is 0.477. The SMILES string of the molecule is CN(C)CCCC1=NN(O)c2cc3c(cc2N1O)CCC3. The van der Waals surface area contributed by atoms with Crippen LogP contribution in [0.3, 0.4) is 0 Å². The van der Waals surface area contributed by atoms with Crippen LogP contribution >= 0.6 is 0 Å². The van der Waals surface area contributed by atoms with Crippen LogP contribution in [0.5, 0.6) is 0 Å². The van der Waals surface area contributed by atoms with Crippen molar-refractivity contribution in [1.82, 2.24) is 4.90 Å². The number of anilines is 2. The smallest absolute Gasteiger partial charge is 0.157 e. The van der Waals surface area contributed by atoms with E-state index in [2.05, 4.69) is 10.0 Å². The Labute approximate surface area is 124 Å². The number of hydrogen-bond acceptors (Lipinski definition) is 6. The average molecular weight is 290 g/mol. The molecule has 114 valence electrons. The molecule has 0 unspecified atom stereocenters. The predicted molar refractivity (Wildman–Crippen MR) is 82.2 cm³/mol. The van der Waals surface area contributed by atoms with Gasteiger partial charge in [0.1, 0.15) is 5.69 Å². The van der Waals surface area contributed by atoms with Gasteiger partial charge in [-0.25, -0.2) is 5.06 Å². The first-order valence-corrected chi connectivity index (χ1v) is 7.42. The molecule has 0 saturated heterocycles. The van der Waals surface area contributed by atoms with Gasteiger partial charge in [0.15, 0.2) is 5.84 Å². The molecule has 6 heteroatoms. The van der Waals surface area contributed by atoms with E-state index in [-0.39, 0.29) is 0 Å². The van der Waals surface area contributed by atoms with Gasteiger partial charge in [0.05, 0.1) is 5.69 Å². The van der Waals surface area contributed by atoms with Gasteiger partial charge in [-0.1, -0.05) is 0 Å². The van der Waals surface area contributed by atoms with Crippen LogP contribution < -0.4 is 10.2 Å². The number of fused-ring (bicyclic) bond motifs is 2. The molecule has 0 amide bonds. The predicted octanol–water partition coefficient (Wildman–Crippen LogP) is 2.24. The van der Waals surface area contributed by atoms with Gasteiger partial charge in [-0.2, -0.15) is 0 Å². The third-order valence-electron chi connectivity index (χ3n) is 4.09. The van der Waals surface area contributed by atoms with E-state index in [0.717, 1.165) is 42.5 Å². The highest BCUT2D eigenvalue weighted by atomic mass is 16.5. The van der Waals surface area contributed by atoms with E-state index in [1.54, 1.807) is 0 Å². The van der Waals surface area contributed by atoms with E-state index in [0.29, 0.717) is 23.6 Å². The zero-order chi connectivity index (χ0) is 15.0. The lowest BCUT2D eigenvalue weighted by Crippen LogP contribution is -2.36. The Hall–Kier alpha value is -1.63. The van der Waals surface area contributed by atoms with Crippen molar-refractivity contribution < 1.29 is 10.4 Å². The van der Waals surface area contributed by atoms with Gasteiger partial charge in [0.2, 0.25) is 0 Å². The third kappa shape index (κ3) is 2.74. The molecular weight excluding hydrogens is 268 g/mol. The molecule has 0 saturated carbocycles. The maximum absolute atomic E-state index is 10.4. The van der Waals surface area contributed by atoms with Crippen molar-refractivity contribution in [2.45, 2.75) is 32.1 Å². The number of amidine groups is 1. The number of nitrogens with zero attached hydrogens (tertiary/aromatic N) is 4. The standard InChI is InChI=1S/C15H22N4O2/c1-17(2)8-4-7-15-16-19(21)14-10-12-6-3-5-11(12)9-13(14)18(15)20/h9-10,20-21H,3-8H2,1-2H3. The molecule has 2 N–H and O–H groups in total. The Morgan fingerprint density at radius 3 is 2.48 bits per heavy atom. The van der Waals surface area contributed by atoms with E-state index < -0.39 is 0 Å². The van der Waals surface area contributed by atoms with Crippen LogP contribution in [0.4, 0.5) is 11.4 Å². The lowest BCUT2D eigenvalue weighted by Gasteiger charge is -2.30. The first kappa shape index (κ1) is 14.3. The van der Waals surface area contributed by atoms with E-state index in [1.807, 2.05) is 26.2 Å². The van der Waals surface area contributed by atoms with E-state index in [4.69, 9.17) is 0 Å². The van der Waals surface area contributed by atoms with Crippen LogP contribution in [0.2, 0.25) is 0 Å². The molecule has 1 heterocycles. The minimum Gasteiger partial charge on any atom is -0.309 e. The topological polar surface area (TPSA) is 62.5 Å². The molecular formula is C15H22N4O2. The fraction of sp³-hybridized carbons (Fsp3) is 0.533. The molecule has 21 heavy (non-hydrogen) atoms. The second-order valence-electron chi connectivity index (χ2n) is 5.99. The lowest BCUT2D eigenvalue weighted by molar-refractivity contribution is 0.244. The first-order valence-electron chi connectivity index (χ1n) is 7.42. The molecule has 6 nitrogen and oxygen atoms in total. The van der Waals surface area contributed by atoms with Crippen molar-refractivity contribution in [3.8, 4) is 0 Å². The molecule has 3 rings (SSSR count). The molecule has 0 bridgehead atoms. The number of rotatable bonds is 4. The summed E-state index contributed by atoms with van der Waals surface area (Å²) in [5.74, 6) is 0.477. The van der Waals surface area contributed by atoms with Crippen molar-refractivity contribution in [2.75, 3.05) is 30.9 Å². The van der Waals surface area contributed by atoms with Crippen molar-refractivity contribution in [1.29, 1.82) is 0 Å². The molecule has 2 aliphatic rings. The molecule has 1 aliphatic heterocycles. The van der Waals surface area contributed by atoms with E-state index in [9.17, 15) is 10.4 Å². The van der Waals surface area contributed by atoms with Crippen molar-refractivity contribution in [2.24, 2.45) is 5.10 Å². The molecule has 0 fully saturated rings. The fourth-order valence-electron chi connectivity index (χ4n) is 2.98. The maximum Gasteiger partial charge on any atom is 0.157 e. The van der Waals surface area contributed by atoms with Crippen molar-refractivity contribution >= 4 is 17.2 Å². The first-order chi connectivity index (χ1) is 10.1. The van der Waals surface area contributed by atoms with E-state index in [1.165, 1.54) is 11.1 Å². The highest BCUT2D eigenvalue weighted by molar-refractivity contribution is 6.01. The summed E-state index contributed by atoms with van der Waals surface area (Å²) in [5.41, 5.74) is 3.67. The second kappa shape index (κ2) is 5.63. The van der Waals surface area contributed by atoms with Gasteiger partial charge < -0.3 is 4.90 Å². The summed E-state index contributed by atoms with van der Waals surface area (Å²) in [4.78, 5) is 2.09. The Kier molecular flexibility index (Phi) is 3.84. The summed E-state index contributed by atoms with van der Waals surface area (Å²) < 4.78 is 0. The summed E-state index contributed by atoms with van der Waals surface area (Å²) in [7, 11) is 4.02. The molecule has 0 spiro atoms. The van der Waals surface area contributed by atoms with Gasteiger partial charge in [0, 0.05) is 6.42 Å². The summed E-state index contributed by atoms with van der Waals surface area (Å²) in [5, 5.41) is 26.6. The van der Waals surface area contributed by atoms with Crippen LogP contribution in [0.15, 0.2) is 17.2 Å². The molecule has 1 aliphatic carbocycles. The number of hydroxylamine groups is 1. The maximum atomic E-state index is 10.4. The highest BCUT2D eigenvalue weighted by Crippen LogP contribution is 2.38. The van der Waals surface area contributed by atoms with Crippen LogP contribution in [0, 0.1) is 0 Å². The lowest BCUT2D eigenvalue weighted by atomic mass is 10.1. The Bertz CT molecular complexity index is 571. The molecule has 1 aromatic rings. The van der Waals surface area contributed by atoms with Crippen molar-refractivity contribution in [3.05, 3.63) is 23.3 Å². The van der Waals surface area contributed by atoms with Gasteiger partial charge in [-0.05, 0) is 69.6 Å². The van der Waals surface area contributed by atoms with Crippen LogP contribution in [-0.4, -0.2) is 41.8 Å². The third-order valence-corrected chi connectivity index (χ3v) is 4.09. The van der Waals surface area contributed by atoms with Crippen LogP contribution in [0.25, 0.3) is 0 Å². The monoisotopic (exact) mass is 290 g/mol. The van der Waals surface area contributed by atoms with Gasteiger partial charge in [-0.3, -0.25) is 10.4 Å². The second-order valence-corrected chi connectivity index (χ2v) is 5.99. The summed E-state index contributed by atoms with van der Waals surface area (Å²) in [6.45, 7) is 0.912. The molecule has 0 aromatic heterocycles. The molecule has 0 radical (unpaired) electrons. The number of benzene rings is 1. The number of hydrazone groups is 1. The summed E-state index contributed by atoms with van der Waals surface area (Å²) in [6, 6.07) is 3.91. The molecule has 1 aromatic carbocycles. The summed E-state index contributed by atoms with van der Waals surface area (Å²) in [6.07, 6.45) is 4.68. The summed E-state index contributed by atoms with van der Waals surface area (Å²) >= 11 is 0. The Morgan fingerprint density at radius 1 is 1.14 bits per heavy atom. The van der Waals surface area contributed by atoms with Crippen LogP contribution in [-0.2, 0) is 12.8 Å². The normalized spacial score (nSPS) is 17.1. The number of aryl methyl sites for hydroxylation is 2. The number of hydrogen-bond donors (Lipinski definition) is 2. The Morgan fingerprint density at radius 2 is 1.81 bits per heavy atom.